The van der Waals surface area contributed by atoms with E-state index < -0.39 is 17.9 Å². The molecule has 2 amide bonds. The topological polar surface area (TPSA) is 108 Å². The van der Waals surface area contributed by atoms with Crippen LogP contribution in [0, 0.1) is 0 Å². The molecule has 1 aromatic heterocycles. The van der Waals surface area contributed by atoms with E-state index >= 15 is 0 Å². The Balaban J connectivity index is 2.00. The minimum Gasteiger partial charge on any atom is -0.480 e. The summed E-state index contributed by atoms with van der Waals surface area (Å²) in [6.45, 7) is 5.40. The molecule has 0 aliphatic carbocycles. The molecule has 132 valence electrons. The largest absolute Gasteiger partial charge is 0.480 e. The number of aliphatic carboxylic acids is 1. The molecule has 8 heteroatoms. The van der Waals surface area contributed by atoms with Gasteiger partial charge in [0.2, 0.25) is 0 Å². The number of carbonyl (C=O) groups is 3. The molecule has 1 heterocycles. The Kier molecular flexibility index (Phi) is 5.87. The van der Waals surface area contributed by atoms with Crippen LogP contribution in [0.5, 0.6) is 0 Å². The van der Waals surface area contributed by atoms with Gasteiger partial charge in [-0.1, -0.05) is 13.8 Å². The highest BCUT2D eigenvalue weighted by Crippen LogP contribution is 2.20. The quantitative estimate of drug-likeness (QED) is 0.733. The van der Waals surface area contributed by atoms with Gasteiger partial charge in [-0.2, -0.15) is 0 Å². The molecule has 0 fully saturated rings. The lowest BCUT2D eigenvalue weighted by Crippen LogP contribution is -2.38. The number of carbonyl (C=O) groups excluding carboxylic acids is 2. The van der Waals surface area contributed by atoms with Crippen molar-refractivity contribution in [1.82, 2.24) is 10.3 Å². The number of carboxylic acids is 1. The van der Waals surface area contributed by atoms with Crippen molar-refractivity contribution in [2.75, 3.05) is 5.32 Å². The summed E-state index contributed by atoms with van der Waals surface area (Å²) in [4.78, 5) is 39.1. The van der Waals surface area contributed by atoms with E-state index in [0.29, 0.717) is 16.9 Å². The normalized spacial score (nSPS) is 11.8. The van der Waals surface area contributed by atoms with Gasteiger partial charge in [-0.25, -0.2) is 4.98 Å². The summed E-state index contributed by atoms with van der Waals surface area (Å²) < 4.78 is 0. The van der Waals surface area contributed by atoms with Crippen LogP contribution >= 0.6 is 11.3 Å². The fraction of sp³-hybridized carbons (Fsp3) is 0.294. The van der Waals surface area contributed by atoms with Gasteiger partial charge in [0.15, 0.2) is 0 Å². The minimum atomic E-state index is -1.11. The van der Waals surface area contributed by atoms with Gasteiger partial charge in [0.25, 0.3) is 11.8 Å². The second-order valence-corrected chi connectivity index (χ2v) is 6.68. The van der Waals surface area contributed by atoms with Crippen molar-refractivity contribution in [3.63, 3.8) is 0 Å². The van der Waals surface area contributed by atoms with E-state index in [1.165, 1.54) is 30.4 Å². The monoisotopic (exact) mass is 361 g/mol. The van der Waals surface area contributed by atoms with E-state index in [0.717, 1.165) is 5.01 Å². The lowest BCUT2D eigenvalue weighted by molar-refractivity contribution is -0.138. The van der Waals surface area contributed by atoms with E-state index in [9.17, 15) is 14.4 Å². The summed E-state index contributed by atoms with van der Waals surface area (Å²) in [5, 5.41) is 16.5. The number of amides is 2. The number of benzene rings is 1. The van der Waals surface area contributed by atoms with Gasteiger partial charge in [0.1, 0.15) is 11.7 Å². The van der Waals surface area contributed by atoms with Crippen LogP contribution in [0.15, 0.2) is 29.6 Å². The molecule has 7 nitrogen and oxygen atoms in total. The van der Waals surface area contributed by atoms with Crippen LogP contribution < -0.4 is 10.6 Å². The third kappa shape index (κ3) is 4.87. The van der Waals surface area contributed by atoms with Gasteiger partial charge in [-0.05, 0) is 31.2 Å². The molecule has 0 saturated carbocycles. The molecule has 2 rings (SSSR count). The highest BCUT2D eigenvalue weighted by Gasteiger charge is 2.16. The van der Waals surface area contributed by atoms with E-state index in [1.807, 2.05) is 13.8 Å². The fourth-order valence-corrected chi connectivity index (χ4v) is 2.71. The maximum absolute atomic E-state index is 12.2. The van der Waals surface area contributed by atoms with Crippen LogP contribution in [0.3, 0.4) is 0 Å². The van der Waals surface area contributed by atoms with Gasteiger partial charge >= 0.3 is 5.97 Å². The third-order valence-electron chi connectivity index (χ3n) is 3.37. The molecule has 0 spiro atoms. The number of thiazole rings is 1. The Labute approximate surface area is 149 Å². The van der Waals surface area contributed by atoms with Crippen molar-refractivity contribution in [3.05, 3.63) is 45.9 Å². The van der Waals surface area contributed by atoms with E-state index in [2.05, 4.69) is 15.6 Å². The maximum atomic E-state index is 12.2. The van der Waals surface area contributed by atoms with Gasteiger partial charge in [-0.15, -0.1) is 11.3 Å². The van der Waals surface area contributed by atoms with E-state index in [-0.39, 0.29) is 11.8 Å². The zero-order valence-corrected chi connectivity index (χ0v) is 14.9. The first-order valence-corrected chi connectivity index (χ1v) is 8.56. The first kappa shape index (κ1) is 18.6. The Morgan fingerprint density at radius 3 is 2.24 bits per heavy atom. The van der Waals surface area contributed by atoms with E-state index in [4.69, 9.17) is 5.11 Å². The predicted molar refractivity (Wildman–Crippen MR) is 95.2 cm³/mol. The highest BCUT2D eigenvalue weighted by molar-refractivity contribution is 7.09. The highest BCUT2D eigenvalue weighted by atomic mass is 32.1. The molecule has 0 bridgehead atoms. The molecular formula is C17H19N3O4S. The number of nitrogens with zero attached hydrogens (tertiary/aromatic N) is 1. The Hall–Kier alpha value is -2.74. The summed E-state index contributed by atoms with van der Waals surface area (Å²) in [6.07, 6.45) is 0. The number of hydrogen-bond donors (Lipinski definition) is 3. The van der Waals surface area contributed by atoms with Crippen molar-refractivity contribution >= 4 is 34.8 Å². The first-order chi connectivity index (χ1) is 11.8. The van der Waals surface area contributed by atoms with Crippen LogP contribution in [0.2, 0.25) is 0 Å². The van der Waals surface area contributed by atoms with Gasteiger partial charge in [0, 0.05) is 22.5 Å². The van der Waals surface area contributed by atoms with E-state index in [1.54, 1.807) is 17.5 Å². The molecule has 3 N–H and O–H groups in total. The first-order valence-electron chi connectivity index (χ1n) is 7.68. The number of aromatic nitrogens is 1. The minimum absolute atomic E-state index is 0.262. The van der Waals surface area contributed by atoms with Crippen molar-refractivity contribution in [2.45, 2.75) is 32.7 Å². The lowest BCUT2D eigenvalue weighted by Gasteiger charge is -2.10. The number of hydrogen-bond acceptors (Lipinski definition) is 5. The Morgan fingerprint density at radius 1 is 1.08 bits per heavy atom. The standard InChI is InChI=1S/C17H19N3O4S/c1-9(2)16-20-13(8-25-16)15(22)19-12-6-4-11(5-7-12)14(21)18-10(3)17(23)24/h4-10H,1-3H3,(H,18,21)(H,19,22)(H,23,24). The molecule has 1 aromatic carbocycles. The fourth-order valence-electron chi connectivity index (χ4n) is 1.90. The number of anilines is 1. The summed E-state index contributed by atoms with van der Waals surface area (Å²) in [6, 6.07) is 5.20. The van der Waals surface area contributed by atoms with Crippen molar-refractivity contribution in [1.29, 1.82) is 0 Å². The van der Waals surface area contributed by atoms with Crippen LogP contribution in [0.1, 0.15) is 52.5 Å². The molecule has 0 saturated heterocycles. The number of carboxylic acid groups (broad SMARTS) is 1. The number of rotatable bonds is 6. The molecule has 1 unspecified atom stereocenters. The molecule has 0 aliphatic rings. The maximum Gasteiger partial charge on any atom is 0.325 e. The molecule has 2 aromatic rings. The molecule has 25 heavy (non-hydrogen) atoms. The zero-order chi connectivity index (χ0) is 18.6. The molecule has 1 atom stereocenters. The van der Waals surface area contributed by atoms with Gasteiger partial charge < -0.3 is 15.7 Å². The number of nitrogens with one attached hydrogen (secondary N) is 2. The lowest BCUT2D eigenvalue weighted by atomic mass is 10.2. The predicted octanol–water partition coefficient (Wildman–Crippen LogP) is 2.72. The average molecular weight is 361 g/mol. The second-order valence-electron chi connectivity index (χ2n) is 5.79. The third-order valence-corrected chi connectivity index (χ3v) is 4.52. The second kappa shape index (κ2) is 7.89. The van der Waals surface area contributed by atoms with Crippen LogP contribution in [-0.2, 0) is 4.79 Å². The van der Waals surface area contributed by atoms with Crippen molar-refractivity contribution in [3.8, 4) is 0 Å². The molecule has 0 radical (unpaired) electrons. The summed E-state index contributed by atoms with van der Waals surface area (Å²) >= 11 is 1.44. The van der Waals surface area contributed by atoms with Crippen LogP contribution in [-0.4, -0.2) is 33.9 Å². The summed E-state index contributed by atoms with van der Waals surface area (Å²) in [7, 11) is 0. The van der Waals surface area contributed by atoms with Crippen molar-refractivity contribution < 1.29 is 19.5 Å². The smallest absolute Gasteiger partial charge is 0.325 e. The summed E-state index contributed by atoms with van der Waals surface area (Å²) in [5.74, 6) is -1.66. The van der Waals surface area contributed by atoms with Gasteiger partial charge in [-0.3, -0.25) is 14.4 Å². The SMILES string of the molecule is CC(NC(=O)c1ccc(NC(=O)c2csc(C(C)C)n2)cc1)C(=O)O. The average Bonchev–Trinajstić information content (AvgIpc) is 3.05. The molecule has 0 aliphatic heterocycles. The Bertz CT molecular complexity index is 783. The summed E-state index contributed by atoms with van der Waals surface area (Å²) in [5.41, 5.74) is 1.18. The molecular weight excluding hydrogens is 342 g/mol. The van der Waals surface area contributed by atoms with Crippen LogP contribution in [0.25, 0.3) is 0 Å². The zero-order valence-electron chi connectivity index (χ0n) is 14.1. The van der Waals surface area contributed by atoms with Gasteiger partial charge in [0.05, 0.1) is 5.01 Å². The van der Waals surface area contributed by atoms with Crippen molar-refractivity contribution in [2.24, 2.45) is 0 Å². The Morgan fingerprint density at radius 2 is 1.72 bits per heavy atom. The van der Waals surface area contributed by atoms with Crippen LogP contribution in [0.4, 0.5) is 5.69 Å².